The summed E-state index contributed by atoms with van der Waals surface area (Å²) in [4.78, 5) is 38.0. The largest absolute Gasteiger partial charge is 0.504 e. The SMILES string of the molecule is COc1ccc(C2CC(=O)C(O)=CC(=O)C2(C)C(=O)OC(C)(C)C)cc1. The van der Waals surface area contributed by atoms with Gasteiger partial charge < -0.3 is 14.6 Å². The van der Waals surface area contributed by atoms with E-state index < -0.39 is 40.2 Å². The van der Waals surface area contributed by atoms with Crippen LogP contribution in [0.3, 0.4) is 0 Å². The number of hydrogen-bond donors (Lipinski definition) is 1. The zero-order valence-electron chi connectivity index (χ0n) is 15.7. The first kappa shape index (κ1) is 19.7. The molecule has 0 amide bonds. The lowest BCUT2D eigenvalue weighted by molar-refractivity contribution is -0.170. The lowest BCUT2D eigenvalue weighted by Crippen LogP contribution is -2.45. The van der Waals surface area contributed by atoms with Crippen molar-refractivity contribution in [1.29, 1.82) is 0 Å². The molecule has 6 heteroatoms. The van der Waals surface area contributed by atoms with Crippen molar-refractivity contribution < 1.29 is 29.0 Å². The molecule has 0 saturated carbocycles. The number of aliphatic hydroxyl groups is 1. The van der Waals surface area contributed by atoms with Crippen molar-refractivity contribution in [3.63, 3.8) is 0 Å². The highest BCUT2D eigenvalue weighted by Crippen LogP contribution is 2.44. The molecule has 1 aromatic rings. The molecule has 1 N–H and O–H groups in total. The van der Waals surface area contributed by atoms with E-state index in [0.29, 0.717) is 11.3 Å². The Hall–Kier alpha value is -2.63. The fourth-order valence-electron chi connectivity index (χ4n) is 2.93. The number of ketones is 2. The van der Waals surface area contributed by atoms with Gasteiger partial charge in [0.05, 0.1) is 7.11 Å². The van der Waals surface area contributed by atoms with E-state index in [0.717, 1.165) is 6.08 Å². The van der Waals surface area contributed by atoms with Crippen LogP contribution in [0.2, 0.25) is 0 Å². The quantitative estimate of drug-likeness (QED) is 0.658. The molecule has 6 nitrogen and oxygen atoms in total. The Balaban J connectivity index is 2.57. The van der Waals surface area contributed by atoms with Gasteiger partial charge in [-0.3, -0.25) is 14.4 Å². The van der Waals surface area contributed by atoms with Crippen molar-refractivity contribution in [3.05, 3.63) is 41.7 Å². The highest BCUT2D eigenvalue weighted by Gasteiger charge is 2.52. The van der Waals surface area contributed by atoms with Gasteiger partial charge in [0, 0.05) is 18.4 Å². The summed E-state index contributed by atoms with van der Waals surface area (Å²) in [5, 5.41) is 9.84. The molecule has 0 spiro atoms. The van der Waals surface area contributed by atoms with Crippen LogP contribution < -0.4 is 4.74 Å². The summed E-state index contributed by atoms with van der Waals surface area (Å²) in [6.07, 6.45) is 0.645. The Morgan fingerprint density at radius 3 is 2.27 bits per heavy atom. The van der Waals surface area contributed by atoms with Gasteiger partial charge in [0.25, 0.3) is 0 Å². The standard InChI is InChI=1S/C20H24O6/c1-19(2,3)26-18(24)20(4)14(10-15(21)16(22)11-17(20)23)12-6-8-13(25-5)9-7-12/h6-9,11,14,22H,10H2,1-5H3. The molecule has 0 heterocycles. The first-order valence-corrected chi connectivity index (χ1v) is 8.34. The smallest absolute Gasteiger partial charge is 0.320 e. The van der Waals surface area contributed by atoms with Crippen LogP contribution >= 0.6 is 0 Å². The van der Waals surface area contributed by atoms with Gasteiger partial charge in [0.2, 0.25) is 0 Å². The maximum absolute atomic E-state index is 12.9. The van der Waals surface area contributed by atoms with E-state index in [-0.39, 0.29) is 6.42 Å². The zero-order chi connectivity index (χ0) is 19.7. The number of ether oxygens (including phenoxy) is 2. The summed E-state index contributed by atoms with van der Waals surface area (Å²) in [5.74, 6) is -2.78. The Labute approximate surface area is 152 Å². The predicted molar refractivity (Wildman–Crippen MR) is 95.0 cm³/mol. The van der Waals surface area contributed by atoms with Crippen molar-refractivity contribution >= 4 is 17.5 Å². The molecule has 0 bridgehead atoms. The van der Waals surface area contributed by atoms with E-state index in [1.165, 1.54) is 14.0 Å². The number of Topliss-reactive ketones (excluding diaryl/α,β-unsaturated/α-hetero) is 1. The van der Waals surface area contributed by atoms with E-state index in [2.05, 4.69) is 0 Å². The second kappa shape index (κ2) is 6.94. The molecule has 0 saturated heterocycles. The lowest BCUT2D eigenvalue weighted by atomic mass is 9.69. The fourth-order valence-corrected chi connectivity index (χ4v) is 2.93. The van der Waals surface area contributed by atoms with Crippen LogP contribution in [0.15, 0.2) is 36.1 Å². The molecule has 2 atom stereocenters. The number of benzene rings is 1. The highest BCUT2D eigenvalue weighted by molar-refractivity contribution is 6.14. The molecule has 0 aliphatic heterocycles. The maximum Gasteiger partial charge on any atom is 0.320 e. The minimum Gasteiger partial charge on any atom is -0.504 e. The number of hydrogen-bond acceptors (Lipinski definition) is 6. The lowest BCUT2D eigenvalue weighted by Gasteiger charge is -2.35. The van der Waals surface area contributed by atoms with Crippen LogP contribution in [0, 0.1) is 5.41 Å². The molecule has 2 rings (SSSR count). The van der Waals surface area contributed by atoms with Crippen LogP contribution in [-0.2, 0) is 19.1 Å². The molecule has 1 aliphatic carbocycles. The molecule has 0 radical (unpaired) electrons. The Morgan fingerprint density at radius 2 is 1.77 bits per heavy atom. The van der Waals surface area contributed by atoms with Crippen molar-refractivity contribution in [2.75, 3.05) is 7.11 Å². The average Bonchev–Trinajstić information content (AvgIpc) is 2.64. The van der Waals surface area contributed by atoms with E-state index in [9.17, 15) is 19.5 Å². The van der Waals surface area contributed by atoms with Gasteiger partial charge in [-0.05, 0) is 45.4 Å². The van der Waals surface area contributed by atoms with Crippen LogP contribution in [0.25, 0.3) is 0 Å². The topological polar surface area (TPSA) is 89.9 Å². The number of carbonyl (C=O) groups is 3. The van der Waals surface area contributed by atoms with Crippen LogP contribution in [0.4, 0.5) is 0 Å². The molecule has 2 unspecified atom stereocenters. The Kier molecular flexibility index (Phi) is 5.26. The number of esters is 1. The third-order valence-corrected chi connectivity index (χ3v) is 4.49. The van der Waals surface area contributed by atoms with E-state index in [1.807, 2.05) is 0 Å². The number of rotatable bonds is 3. The van der Waals surface area contributed by atoms with Crippen LogP contribution in [0.5, 0.6) is 5.75 Å². The molecule has 140 valence electrons. The molecule has 26 heavy (non-hydrogen) atoms. The predicted octanol–water partition coefficient (Wildman–Crippen LogP) is 3.11. The van der Waals surface area contributed by atoms with Gasteiger partial charge >= 0.3 is 5.97 Å². The monoisotopic (exact) mass is 360 g/mol. The Morgan fingerprint density at radius 1 is 1.19 bits per heavy atom. The molecular formula is C20H24O6. The van der Waals surface area contributed by atoms with Gasteiger partial charge in [-0.25, -0.2) is 0 Å². The summed E-state index contributed by atoms with van der Waals surface area (Å²) in [5.41, 5.74) is -1.82. The van der Waals surface area contributed by atoms with Crippen molar-refractivity contribution in [2.24, 2.45) is 5.41 Å². The summed E-state index contributed by atoms with van der Waals surface area (Å²) < 4.78 is 10.6. The maximum atomic E-state index is 12.9. The summed E-state index contributed by atoms with van der Waals surface area (Å²) in [6, 6.07) is 6.79. The summed E-state index contributed by atoms with van der Waals surface area (Å²) in [6.45, 7) is 6.57. The zero-order valence-corrected chi connectivity index (χ0v) is 15.7. The summed E-state index contributed by atoms with van der Waals surface area (Å²) in [7, 11) is 1.53. The average molecular weight is 360 g/mol. The van der Waals surface area contributed by atoms with Crippen molar-refractivity contribution in [1.82, 2.24) is 0 Å². The minimum absolute atomic E-state index is 0.184. The molecule has 1 aliphatic rings. The van der Waals surface area contributed by atoms with Gasteiger partial charge in [0.1, 0.15) is 16.8 Å². The van der Waals surface area contributed by atoms with Gasteiger partial charge in [-0.1, -0.05) is 12.1 Å². The van der Waals surface area contributed by atoms with E-state index in [1.54, 1.807) is 45.0 Å². The Bertz CT molecular complexity index is 754. The first-order valence-electron chi connectivity index (χ1n) is 8.34. The second-order valence-electron chi connectivity index (χ2n) is 7.55. The molecule has 0 fully saturated rings. The summed E-state index contributed by atoms with van der Waals surface area (Å²) >= 11 is 0. The minimum atomic E-state index is -1.64. The number of carbonyl (C=O) groups excluding carboxylic acids is 3. The van der Waals surface area contributed by atoms with Crippen molar-refractivity contribution in [2.45, 2.75) is 45.6 Å². The van der Waals surface area contributed by atoms with Gasteiger partial charge in [0.15, 0.2) is 17.3 Å². The molecule has 0 aromatic heterocycles. The normalized spacial score (nSPS) is 23.9. The fraction of sp³-hybridized carbons (Fsp3) is 0.450. The molecular weight excluding hydrogens is 336 g/mol. The van der Waals surface area contributed by atoms with Gasteiger partial charge in [-0.2, -0.15) is 0 Å². The second-order valence-corrected chi connectivity index (χ2v) is 7.55. The van der Waals surface area contributed by atoms with E-state index >= 15 is 0 Å². The van der Waals surface area contributed by atoms with E-state index in [4.69, 9.17) is 9.47 Å². The number of methoxy groups -OCH3 is 1. The number of allylic oxidation sites excluding steroid dienone is 2. The van der Waals surface area contributed by atoms with Crippen molar-refractivity contribution in [3.8, 4) is 5.75 Å². The van der Waals surface area contributed by atoms with Crippen LogP contribution in [-0.4, -0.2) is 35.4 Å². The third kappa shape index (κ3) is 3.79. The molecule has 1 aromatic carbocycles. The van der Waals surface area contributed by atoms with Crippen LogP contribution in [0.1, 0.15) is 45.6 Å². The third-order valence-electron chi connectivity index (χ3n) is 4.49. The first-order chi connectivity index (χ1) is 12.0. The number of aliphatic hydroxyl groups excluding tert-OH is 1. The highest BCUT2D eigenvalue weighted by atomic mass is 16.6. The van der Waals surface area contributed by atoms with Gasteiger partial charge in [-0.15, -0.1) is 0 Å².